The third-order valence-electron chi connectivity index (χ3n) is 3.76. The summed E-state index contributed by atoms with van der Waals surface area (Å²) < 4.78 is 33.9. The van der Waals surface area contributed by atoms with Gasteiger partial charge in [0.25, 0.3) is 0 Å². The highest BCUT2D eigenvalue weighted by Crippen LogP contribution is 2.27. The molecule has 27 heavy (non-hydrogen) atoms. The van der Waals surface area contributed by atoms with Gasteiger partial charge in [-0.25, -0.2) is 18.1 Å². The van der Waals surface area contributed by atoms with Gasteiger partial charge in [-0.3, -0.25) is 4.79 Å². The smallest absolute Gasteiger partial charge is 0.240 e. The Balaban J connectivity index is 1.69. The van der Waals surface area contributed by atoms with Gasteiger partial charge in [0.05, 0.1) is 32.9 Å². The van der Waals surface area contributed by atoms with Crippen molar-refractivity contribution in [3.05, 3.63) is 47.5 Å². The van der Waals surface area contributed by atoms with Crippen molar-refractivity contribution in [1.29, 1.82) is 0 Å². The zero-order valence-electron chi connectivity index (χ0n) is 14.9. The minimum absolute atomic E-state index is 0.0674. The third kappa shape index (κ3) is 4.62. The normalized spacial score (nSPS) is 11.5. The van der Waals surface area contributed by atoms with Gasteiger partial charge >= 0.3 is 0 Å². The number of methoxy groups -OCH3 is 1. The Morgan fingerprint density at radius 1 is 1.22 bits per heavy atom. The number of thiazole rings is 1. The number of carbonyl (C=O) groups excluding carboxylic acids is 1. The van der Waals surface area contributed by atoms with E-state index >= 15 is 0 Å². The Bertz CT molecular complexity index is 1040. The number of para-hydroxylation sites is 1. The van der Waals surface area contributed by atoms with E-state index in [0.717, 1.165) is 15.2 Å². The van der Waals surface area contributed by atoms with Gasteiger partial charge in [-0.15, -0.1) is 11.3 Å². The minimum atomic E-state index is -3.70. The molecule has 0 spiro atoms. The molecule has 1 aromatic heterocycles. The Kier molecular flexibility index (Phi) is 5.73. The summed E-state index contributed by atoms with van der Waals surface area (Å²) in [6.07, 6.45) is 0.500. The maximum Gasteiger partial charge on any atom is 0.240 e. The van der Waals surface area contributed by atoms with Crippen molar-refractivity contribution in [3.8, 4) is 5.75 Å². The van der Waals surface area contributed by atoms with E-state index in [1.165, 1.54) is 32.2 Å². The molecule has 2 N–H and O–H groups in total. The van der Waals surface area contributed by atoms with E-state index in [2.05, 4.69) is 15.0 Å². The first-order valence-electron chi connectivity index (χ1n) is 8.19. The van der Waals surface area contributed by atoms with Gasteiger partial charge in [0, 0.05) is 26.0 Å². The fourth-order valence-electron chi connectivity index (χ4n) is 2.53. The van der Waals surface area contributed by atoms with Crippen LogP contribution in [-0.2, 0) is 21.2 Å². The Morgan fingerprint density at radius 2 is 2.00 bits per heavy atom. The monoisotopic (exact) mass is 405 g/mol. The standard InChI is InChI=1S/C18H19N3O4S2/c1-12(22)20-14-8-7-13(11-16(14)25-2)27(23,24)19-10-9-18-21-15-5-3-4-6-17(15)26-18/h3-8,11,19H,9-10H2,1-2H3,(H,20,22). The number of anilines is 1. The third-order valence-corrected chi connectivity index (χ3v) is 6.32. The highest BCUT2D eigenvalue weighted by Gasteiger charge is 2.17. The molecule has 2 aromatic carbocycles. The topological polar surface area (TPSA) is 97.4 Å². The minimum Gasteiger partial charge on any atom is -0.495 e. The van der Waals surface area contributed by atoms with Crippen LogP contribution in [0, 0.1) is 0 Å². The fourth-order valence-corrected chi connectivity index (χ4v) is 4.55. The van der Waals surface area contributed by atoms with Gasteiger partial charge in [-0.2, -0.15) is 0 Å². The molecular formula is C18H19N3O4S2. The van der Waals surface area contributed by atoms with Gasteiger partial charge < -0.3 is 10.1 Å². The van der Waals surface area contributed by atoms with Crippen LogP contribution in [0.25, 0.3) is 10.2 Å². The van der Waals surface area contributed by atoms with Crippen molar-refractivity contribution in [3.63, 3.8) is 0 Å². The molecule has 0 aliphatic heterocycles. The number of rotatable bonds is 7. The molecule has 3 aromatic rings. The number of aromatic nitrogens is 1. The molecule has 1 amide bonds. The molecular weight excluding hydrogens is 386 g/mol. The van der Waals surface area contributed by atoms with Crippen LogP contribution in [0.15, 0.2) is 47.4 Å². The number of nitrogens with one attached hydrogen (secondary N) is 2. The molecule has 0 fully saturated rings. The van der Waals surface area contributed by atoms with Crippen molar-refractivity contribution in [2.45, 2.75) is 18.2 Å². The molecule has 142 valence electrons. The van der Waals surface area contributed by atoms with Gasteiger partial charge in [-0.05, 0) is 24.3 Å². The molecule has 1 heterocycles. The molecule has 7 nitrogen and oxygen atoms in total. The Hall–Kier alpha value is -2.49. The maximum atomic E-state index is 12.5. The number of hydrogen-bond donors (Lipinski definition) is 2. The van der Waals surface area contributed by atoms with E-state index in [0.29, 0.717) is 12.1 Å². The van der Waals surface area contributed by atoms with E-state index < -0.39 is 10.0 Å². The molecule has 0 aliphatic rings. The van der Waals surface area contributed by atoms with E-state index in [9.17, 15) is 13.2 Å². The molecule has 0 bridgehead atoms. The number of ether oxygens (including phenoxy) is 1. The van der Waals surface area contributed by atoms with Gasteiger partial charge in [0.2, 0.25) is 15.9 Å². The quantitative estimate of drug-likeness (QED) is 0.630. The summed E-state index contributed by atoms with van der Waals surface area (Å²) in [6.45, 7) is 1.60. The first-order valence-corrected chi connectivity index (χ1v) is 10.5. The molecule has 0 saturated carbocycles. The van der Waals surface area contributed by atoms with E-state index in [1.807, 2.05) is 24.3 Å². The Morgan fingerprint density at radius 3 is 2.70 bits per heavy atom. The lowest BCUT2D eigenvalue weighted by molar-refractivity contribution is -0.114. The predicted molar refractivity (Wildman–Crippen MR) is 106 cm³/mol. The lowest BCUT2D eigenvalue weighted by Crippen LogP contribution is -2.26. The number of nitrogens with zero attached hydrogens (tertiary/aromatic N) is 1. The van der Waals surface area contributed by atoms with Gasteiger partial charge in [-0.1, -0.05) is 12.1 Å². The van der Waals surface area contributed by atoms with E-state index in [4.69, 9.17) is 4.74 Å². The summed E-state index contributed by atoms with van der Waals surface area (Å²) in [5, 5.41) is 3.47. The second kappa shape index (κ2) is 8.03. The van der Waals surface area contributed by atoms with E-state index in [-0.39, 0.29) is 23.1 Å². The molecule has 3 rings (SSSR count). The van der Waals surface area contributed by atoms with Crippen LogP contribution in [0.1, 0.15) is 11.9 Å². The molecule has 0 radical (unpaired) electrons. The molecule has 0 atom stereocenters. The van der Waals surface area contributed by atoms with Crippen molar-refractivity contribution in [2.24, 2.45) is 0 Å². The summed E-state index contributed by atoms with van der Waals surface area (Å²) in [5.41, 5.74) is 1.33. The fraction of sp³-hybridized carbons (Fsp3) is 0.222. The molecule has 0 aliphatic carbocycles. The summed E-state index contributed by atoms with van der Waals surface area (Å²) >= 11 is 1.55. The van der Waals surface area contributed by atoms with Crippen LogP contribution < -0.4 is 14.8 Å². The summed E-state index contributed by atoms with van der Waals surface area (Å²) in [5.74, 6) is 0.0112. The lowest BCUT2D eigenvalue weighted by atomic mass is 10.3. The van der Waals surface area contributed by atoms with Crippen molar-refractivity contribution in [1.82, 2.24) is 9.71 Å². The number of hydrogen-bond acceptors (Lipinski definition) is 6. The van der Waals surface area contributed by atoms with Crippen LogP contribution in [0.2, 0.25) is 0 Å². The number of benzene rings is 2. The average Bonchev–Trinajstić information content (AvgIpc) is 3.04. The first kappa shape index (κ1) is 19.3. The summed E-state index contributed by atoms with van der Waals surface area (Å²) in [4.78, 5) is 15.8. The second-order valence-corrected chi connectivity index (χ2v) is 8.65. The highest BCUT2D eigenvalue weighted by molar-refractivity contribution is 7.89. The highest BCUT2D eigenvalue weighted by atomic mass is 32.2. The van der Waals surface area contributed by atoms with Crippen molar-refractivity contribution < 1.29 is 17.9 Å². The number of sulfonamides is 1. The molecule has 0 unspecified atom stereocenters. The van der Waals surface area contributed by atoms with Crippen LogP contribution in [0.3, 0.4) is 0 Å². The average molecular weight is 406 g/mol. The number of carbonyl (C=O) groups is 1. The SMILES string of the molecule is COc1cc(S(=O)(=O)NCCc2nc3ccccc3s2)ccc1NC(C)=O. The maximum absolute atomic E-state index is 12.5. The summed E-state index contributed by atoms with van der Waals surface area (Å²) in [6, 6.07) is 12.1. The lowest BCUT2D eigenvalue weighted by Gasteiger charge is -2.12. The van der Waals surface area contributed by atoms with Crippen LogP contribution in [0.5, 0.6) is 5.75 Å². The van der Waals surface area contributed by atoms with Crippen molar-refractivity contribution in [2.75, 3.05) is 19.0 Å². The zero-order valence-corrected chi connectivity index (χ0v) is 16.5. The van der Waals surface area contributed by atoms with Gasteiger partial charge in [0.1, 0.15) is 5.75 Å². The number of fused-ring (bicyclic) bond motifs is 1. The summed E-state index contributed by atoms with van der Waals surface area (Å²) in [7, 11) is -2.29. The molecule has 9 heteroatoms. The van der Waals surface area contributed by atoms with Crippen molar-refractivity contribution >= 4 is 43.2 Å². The Labute approximate surface area is 161 Å². The molecule has 0 saturated heterocycles. The predicted octanol–water partition coefficient (Wildman–Crippen LogP) is 2.78. The second-order valence-electron chi connectivity index (χ2n) is 5.77. The largest absolute Gasteiger partial charge is 0.495 e. The first-order chi connectivity index (χ1) is 12.9. The van der Waals surface area contributed by atoms with Crippen LogP contribution >= 0.6 is 11.3 Å². The van der Waals surface area contributed by atoms with Crippen LogP contribution in [0.4, 0.5) is 5.69 Å². The van der Waals surface area contributed by atoms with Crippen LogP contribution in [-0.4, -0.2) is 33.0 Å². The van der Waals surface area contributed by atoms with E-state index in [1.54, 1.807) is 11.3 Å². The number of amides is 1. The van der Waals surface area contributed by atoms with Gasteiger partial charge in [0.15, 0.2) is 0 Å². The zero-order chi connectivity index (χ0) is 19.4.